The lowest BCUT2D eigenvalue weighted by Gasteiger charge is -2.32. The van der Waals surface area contributed by atoms with Crippen molar-refractivity contribution in [2.45, 2.75) is 52.2 Å². The number of aromatic nitrogens is 1. The van der Waals surface area contributed by atoms with Crippen molar-refractivity contribution < 1.29 is 14.3 Å². The fourth-order valence-corrected chi connectivity index (χ4v) is 4.21. The van der Waals surface area contributed by atoms with Gasteiger partial charge in [0.15, 0.2) is 0 Å². The quantitative estimate of drug-likeness (QED) is 0.738. The number of carbonyl (C=O) groups excluding carboxylic acids is 1. The number of hydrogen-bond acceptors (Lipinski definition) is 4. The van der Waals surface area contributed by atoms with Crippen molar-refractivity contribution in [2.75, 3.05) is 19.7 Å². The first kappa shape index (κ1) is 19.4. The van der Waals surface area contributed by atoms with Gasteiger partial charge in [0.05, 0.1) is 18.8 Å². The standard InChI is InChI=1S/C20H27BrN2O3/c1-5-16(18-10-22-6-7-25-18)17-9-15-8-14(21)11-23(15)19(13(17)4)20(24)26-12(2)3/h8-9,11-12,16,18,22H,5-7,10H2,1-4H3. The van der Waals surface area contributed by atoms with Crippen LogP contribution in [0.4, 0.5) is 0 Å². The molecule has 0 amide bonds. The summed E-state index contributed by atoms with van der Waals surface area (Å²) in [5.74, 6) is -0.0583. The van der Waals surface area contributed by atoms with Crippen molar-refractivity contribution in [1.29, 1.82) is 0 Å². The Kier molecular flexibility index (Phi) is 6.05. The molecule has 0 saturated carbocycles. The highest BCUT2D eigenvalue weighted by Gasteiger charge is 2.29. The molecule has 5 nitrogen and oxygen atoms in total. The van der Waals surface area contributed by atoms with Gasteiger partial charge < -0.3 is 19.2 Å². The average molecular weight is 423 g/mol. The molecule has 1 aliphatic heterocycles. The van der Waals surface area contributed by atoms with Crippen LogP contribution in [0, 0.1) is 6.92 Å². The van der Waals surface area contributed by atoms with Crippen LogP contribution in [-0.4, -0.2) is 42.3 Å². The minimum absolute atomic E-state index is 0.113. The monoisotopic (exact) mass is 422 g/mol. The summed E-state index contributed by atoms with van der Waals surface area (Å²) in [6.45, 7) is 10.4. The molecule has 142 valence electrons. The van der Waals surface area contributed by atoms with Crippen molar-refractivity contribution >= 4 is 27.4 Å². The molecule has 1 saturated heterocycles. The van der Waals surface area contributed by atoms with Crippen molar-refractivity contribution in [3.8, 4) is 0 Å². The molecule has 2 atom stereocenters. The summed E-state index contributed by atoms with van der Waals surface area (Å²) in [6, 6.07) is 4.21. The number of halogens is 1. The van der Waals surface area contributed by atoms with E-state index in [1.807, 2.05) is 37.4 Å². The highest BCUT2D eigenvalue weighted by Crippen LogP contribution is 2.33. The van der Waals surface area contributed by atoms with Gasteiger partial charge >= 0.3 is 5.97 Å². The maximum Gasteiger partial charge on any atom is 0.355 e. The molecule has 2 aromatic rings. The Morgan fingerprint density at radius 2 is 2.23 bits per heavy atom. The van der Waals surface area contributed by atoms with Gasteiger partial charge in [0.2, 0.25) is 0 Å². The normalized spacial score (nSPS) is 19.1. The van der Waals surface area contributed by atoms with Gasteiger partial charge in [0, 0.05) is 35.2 Å². The minimum Gasteiger partial charge on any atom is -0.458 e. The molecule has 0 radical (unpaired) electrons. The van der Waals surface area contributed by atoms with Crippen LogP contribution >= 0.6 is 15.9 Å². The number of esters is 1. The number of nitrogens with zero attached hydrogens (tertiary/aromatic N) is 1. The van der Waals surface area contributed by atoms with Crippen molar-refractivity contribution in [3.63, 3.8) is 0 Å². The maximum atomic E-state index is 12.8. The zero-order valence-corrected chi connectivity index (χ0v) is 17.4. The van der Waals surface area contributed by atoms with Crippen LogP contribution in [-0.2, 0) is 9.47 Å². The third-order valence-corrected chi connectivity index (χ3v) is 5.36. The summed E-state index contributed by atoms with van der Waals surface area (Å²) in [4.78, 5) is 12.8. The molecule has 1 fully saturated rings. The van der Waals surface area contributed by atoms with E-state index < -0.39 is 0 Å². The molecular formula is C20H27BrN2O3. The third-order valence-electron chi connectivity index (χ3n) is 4.93. The predicted molar refractivity (Wildman–Crippen MR) is 106 cm³/mol. The Morgan fingerprint density at radius 1 is 1.46 bits per heavy atom. The molecule has 2 aromatic heterocycles. The number of carbonyl (C=O) groups is 1. The largest absolute Gasteiger partial charge is 0.458 e. The van der Waals surface area contributed by atoms with Crippen LogP contribution < -0.4 is 5.32 Å². The van der Waals surface area contributed by atoms with Gasteiger partial charge in [-0.2, -0.15) is 0 Å². The molecule has 3 rings (SSSR count). The van der Waals surface area contributed by atoms with E-state index in [2.05, 4.69) is 34.2 Å². The summed E-state index contributed by atoms with van der Waals surface area (Å²) < 4.78 is 14.4. The molecule has 0 aliphatic carbocycles. The smallest absolute Gasteiger partial charge is 0.355 e. The lowest BCUT2D eigenvalue weighted by molar-refractivity contribution is 0.0100. The van der Waals surface area contributed by atoms with Crippen LogP contribution in [0.1, 0.15) is 54.7 Å². The lowest BCUT2D eigenvalue weighted by Crippen LogP contribution is -2.42. The maximum absolute atomic E-state index is 12.8. The number of pyridine rings is 1. The highest BCUT2D eigenvalue weighted by atomic mass is 79.9. The Labute approximate surface area is 163 Å². The molecule has 1 aliphatic rings. The van der Waals surface area contributed by atoms with E-state index in [1.165, 1.54) is 0 Å². The lowest BCUT2D eigenvalue weighted by atomic mass is 9.86. The van der Waals surface area contributed by atoms with Gasteiger partial charge in [-0.25, -0.2) is 4.79 Å². The van der Waals surface area contributed by atoms with E-state index in [-0.39, 0.29) is 24.1 Å². The van der Waals surface area contributed by atoms with E-state index in [1.54, 1.807) is 0 Å². The summed E-state index contributed by atoms with van der Waals surface area (Å²) in [6.07, 6.45) is 2.82. The van der Waals surface area contributed by atoms with Crippen molar-refractivity contribution in [1.82, 2.24) is 9.72 Å². The Hall–Kier alpha value is -1.37. The summed E-state index contributed by atoms with van der Waals surface area (Å²) in [7, 11) is 0. The fraction of sp³-hybridized carbons (Fsp3) is 0.550. The number of fused-ring (bicyclic) bond motifs is 1. The van der Waals surface area contributed by atoms with Gasteiger partial charge in [-0.05, 0) is 66.4 Å². The Bertz CT molecular complexity index is 794. The highest BCUT2D eigenvalue weighted by molar-refractivity contribution is 9.10. The SMILES string of the molecule is CCC(c1cc2cc(Br)cn2c(C(=O)OC(C)C)c1C)C1CNCCO1. The van der Waals surface area contributed by atoms with Crippen molar-refractivity contribution in [2.24, 2.45) is 0 Å². The molecule has 1 N–H and O–H groups in total. The van der Waals surface area contributed by atoms with Gasteiger partial charge in [0.25, 0.3) is 0 Å². The zero-order chi connectivity index (χ0) is 18.8. The molecule has 0 bridgehead atoms. The second-order valence-electron chi connectivity index (χ2n) is 7.11. The molecule has 2 unspecified atom stereocenters. The van der Waals surface area contributed by atoms with Crippen LogP contribution in [0.2, 0.25) is 0 Å². The van der Waals surface area contributed by atoms with Crippen LogP contribution in [0.15, 0.2) is 22.8 Å². The van der Waals surface area contributed by atoms with E-state index in [9.17, 15) is 4.79 Å². The third kappa shape index (κ3) is 3.82. The van der Waals surface area contributed by atoms with E-state index in [0.29, 0.717) is 5.69 Å². The molecular weight excluding hydrogens is 396 g/mol. The van der Waals surface area contributed by atoms with Crippen molar-refractivity contribution in [3.05, 3.63) is 39.6 Å². The number of ether oxygens (including phenoxy) is 2. The molecule has 26 heavy (non-hydrogen) atoms. The molecule has 0 spiro atoms. The van der Waals surface area contributed by atoms with Gasteiger partial charge in [-0.1, -0.05) is 6.92 Å². The predicted octanol–water partition coefficient (Wildman–Crippen LogP) is 4.06. The summed E-state index contributed by atoms with van der Waals surface area (Å²) in [5.41, 5.74) is 3.71. The second kappa shape index (κ2) is 8.11. The number of morpholine rings is 1. The number of rotatable bonds is 5. The van der Waals surface area contributed by atoms with Crippen LogP contribution in [0.25, 0.3) is 5.52 Å². The van der Waals surface area contributed by atoms with E-state index in [0.717, 1.165) is 47.2 Å². The summed E-state index contributed by atoms with van der Waals surface area (Å²) >= 11 is 3.53. The first-order chi connectivity index (χ1) is 12.4. The van der Waals surface area contributed by atoms with E-state index >= 15 is 0 Å². The van der Waals surface area contributed by atoms with Gasteiger partial charge in [0.1, 0.15) is 5.69 Å². The Morgan fingerprint density at radius 3 is 2.85 bits per heavy atom. The first-order valence-electron chi connectivity index (χ1n) is 9.26. The zero-order valence-electron chi connectivity index (χ0n) is 15.8. The molecule has 0 aromatic carbocycles. The van der Waals surface area contributed by atoms with Crippen LogP contribution in [0.5, 0.6) is 0 Å². The summed E-state index contributed by atoms with van der Waals surface area (Å²) in [5, 5.41) is 3.41. The Balaban J connectivity index is 2.12. The molecule has 6 heteroatoms. The average Bonchev–Trinajstić information content (AvgIpc) is 2.95. The number of hydrogen-bond donors (Lipinski definition) is 1. The van der Waals surface area contributed by atoms with E-state index in [4.69, 9.17) is 9.47 Å². The second-order valence-corrected chi connectivity index (χ2v) is 8.02. The number of nitrogens with one attached hydrogen (secondary N) is 1. The van der Waals surface area contributed by atoms with Gasteiger partial charge in [-0.3, -0.25) is 0 Å². The minimum atomic E-state index is -0.287. The van der Waals surface area contributed by atoms with Gasteiger partial charge in [-0.15, -0.1) is 0 Å². The molecule has 3 heterocycles. The fourth-order valence-electron chi connectivity index (χ4n) is 3.77. The topological polar surface area (TPSA) is 52.0 Å². The first-order valence-corrected chi connectivity index (χ1v) is 10.1. The van der Waals surface area contributed by atoms with Crippen LogP contribution in [0.3, 0.4) is 0 Å².